The highest BCUT2D eigenvalue weighted by molar-refractivity contribution is 6.30. The molecule has 0 fully saturated rings. The van der Waals surface area contributed by atoms with Gasteiger partial charge in [0.25, 0.3) is 0 Å². The molecule has 22 heavy (non-hydrogen) atoms. The summed E-state index contributed by atoms with van der Waals surface area (Å²) >= 11 is 5.91. The molecule has 0 amide bonds. The fourth-order valence-electron chi connectivity index (χ4n) is 2.22. The molecule has 0 bridgehead atoms. The van der Waals surface area contributed by atoms with E-state index in [2.05, 4.69) is 10.3 Å². The van der Waals surface area contributed by atoms with Crippen LogP contribution in [0.3, 0.4) is 0 Å². The van der Waals surface area contributed by atoms with Gasteiger partial charge in [-0.2, -0.15) is 0 Å². The molecule has 1 N–H and O–H groups in total. The minimum absolute atomic E-state index is 0.183. The summed E-state index contributed by atoms with van der Waals surface area (Å²) in [7, 11) is 0. The van der Waals surface area contributed by atoms with Crippen molar-refractivity contribution in [3.05, 3.63) is 65.3 Å². The second-order valence-corrected chi connectivity index (χ2v) is 5.15. The number of nitrogens with zero attached hydrogens (tertiary/aromatic N) is 3. The largest absolute Gasteiger partial charge is 0.481 e. The van der Waals surface area contributed by atoms with Crippen LogP contribution in [0.1, 0.15) is 5.69 Å². The summed E-state index contributed by atoms with van der Waals surface area (Å²) in [6.45, 7) is 0. The van der Waals surface area contributed by atoms with Crippen LogP contribution in [0, 0.1) is 0 Å². The van der Waals surface area contributed by atoms with E-state index in [0.717, 1.165) is 11.3 Å². The molecule has 0 aliphatic rings. The van der Waals surface area contributed by atoms with Crippen molar-refractivity contribution in [3.63, 3.8) is 0 Å². The van der Waals surface area contributed by atoms with Crippen LogP contribution in [0.2, 0.25) is 5.02 Å². The molecule has 0 spiro atoms. The molecule has 6 heteroatoms. The minimum atomic E-state index is -0.944. The summed E-state index contributed by atoms with van der Waals surface area (Å²) in [5.41, 5.74) is 2.73. The van der Waals surface area contributed by atoms with Crippen molar-refractivity contribution in [2.75, 3.05) is 0 Å². The maximum Gasteiger partial charge on any atom is 0.309 e. The lowest BCUT2D eigenvalue weighted by Crippen LogP contribution is -2.04. The Balaban J connectivity index is 2.16. The smallest absolute Gasteiger partial charge is 0.309 e. The maximum atomic E-state index is 11.0. The third-order valence-corrected chi connectivity index (χ3v) is 3.43. The molecular weight excluding hydrogens is 302 g/mol. The Morgan fingerprint density at radius 1 is 1.09 bits per heavy atom. The highest BCUT2D eigenvalue weighted by Crippen LogP contribution is 2.26. The van der Waals surface area contributed by atoms with Crippen LogP contribution in [-0.4, -0.2) is 26.1 Å². The molecular formula is C16H12ClN3O2. The first kappa shape index (κ1) is 14.3. The van der Waals surface area contributed by atoms with Crippen LogP contribution < -0.4 is 0 Å². The molecule has 110 valence electrons. The van der Waals surface area contributed by atoms with Gasteiger partial charge in [0.2, 0.25) is 0 Å². The Kier molecular flexibility index (Phi) is 3.89. The Labute approximate surface area is 131 Å². The van der Waals surface area contributed by atoms with Crippen molar-refractivity contribution >= 4 is 17.6 Å². The fraction of sp³-hybridized carbons (Fsp3) is 0.0625. The zero-order chi connectivity index (χ0) is 15.5. The Morgan fingerprint density at radius 2 is 1.77 bits per heavy atom. The van der Waals surface area contributed by atoms with E-state index in [4.69, 9.17) is 16.7 Å². The third-order valence-electron chi connectivity index (χ3n) is 3.18. The van der Waals surface area contributed by atoms with Gasteiger partial charge in [0.05, 0.1) is 17.8 Å². The van der Waals surface area contributed by atoms with Crippen LogP contribution in [0.5, 0.6) is 0 Å². The van der Waals surface area contributed by atoms with E-state index in [9.17, 15) is 4.79 Å². The van der Waals surface area contributed by atoms with Crippen molar-refractivity contribution in [2.24, 2.45) is 0 Å². The fourth-order valence-corrected chi connectivity index (χ4v) is 2.35. The Bertz CT molecular complexity index is 798. The average Bonchev–Trinajstić information content (AvgIpc) is 2.91. The number of hydrogen-bond acceptors (Lipinski definition) is 3. The summed E-state index contributed by atoms with van der Waals surface area (Å²) in [6, 6.07) is 16.6. The predicted octanol–water partition coefficient (Wildman–Crippen LogP) is 3.21. The lowest BCUT2D eigenvalue weighted by Gasteiger charge is -2.08. The standard InChI is InChI=1S/C16H12ClN3O2/c17-12-6-8-13(9-7-12)20-16(11-4-2-1-3-5-11)14(18-19-20)10-15(21)22/h1-9H,10H2,(H,21,22). The zero-order valence-corrected chi connectivity index (χ0v) is 12.2. The molecule has 0 aliphatic carbocycles. The van der Waals surface area contributed by atoms with E-state index < -0.39 is 5.97 Å². The number of halogens is 1. The van der Waals surface area contributed by atoms with Gasteiger partial charge >= 0.3 is 5.97 Å². The van der Waals surface area contributed by atoms with Gasteiger partial charge in [0.15, 0.2) is 0 Å². The molecule has 1 heterocycles. The van der Waals surface area contributed by atoms with E-state index >= 15 is 0 Å². The summed E-state index contributed by atoms with van der Waals surface area (Å²) < 4.78 is 1.63. The maximum absolute atomic E-state index is 11.0. The van der Waals surface area contributed by atoms with Gasteiger partial charge in [-0.05, 0) is 24.3 Å². The van der Waals surface area contributed by atoms with Crippen LogP contribution >= 0.6 is 11.6 Å². The van der Waals surface area contributed by atoms with Crippen molar-refractivity contribution in [3.8, 4) is 16.9 Å². The Morgan fingerprint density at radius 3 is 2.41 bits per heavy atom. The molecule has 0 unspecified atom stereocenters. The molecule has 1 aromatic heterocycles. The summed E-state index contributed by atoms with van der Waals surface area (Å²) in [5, 5.41) is 17.8. The van der Waals surface area contributed by atoms with E-state index in [0.29, 0.717) is 16.4 Å². The van der Waals surface area contributed by atoms with Crippen molar-refractivity contribution in [2.45, 2.75) is 6.42 Å². The van der Waals surface area contributed by atoms with Crippen LogP contribution in [0.4, 0.5) is 0 Å². The van der Waals surface area contributed by atoms with Crippen LogP contribution in [0.15, 0.2) is 54.6 Å². The first-order valence-electron chi connectivity index (χ1n) is 6.63. The van der Waals surface area contributed by atoms with E-state index in [1.165, 1.54) is 0 Å². The number of aromatic nitrogens is 3. The molecule has 3 aromatic rings. The molecule has 3 rings (SSSR count). The summed E-state index contributed by atoms with van der Waals surface area (Å²) in [6.07, 6.45) is -0.183. The highest BCUT2D eigenvalue weighted by atomic mass is 35.5. The number of benzene rings is 2. The molecule has 0 aliphatic heterocycles. The van der Waals surface area contributed by atoms with Crippen LogP contribution in [-0.2, 0) is 11.2 Å². The quantitative estimate of drug-likeness (QED) is 0.803. The van der Waals surface area contributed by atoms with E-state index in [-0.39, 0.29) is 6.42 Å². The van der Waals surface area contributed by atoms with Crippen molar-refractivity contribution < 1.29 is 9.90 Å². The number of carboxylic acids is 1. The number of carbonyl (C=O) groups is 1. The first-order chi connectivity index (χ1) is 10.6. The number of rotatable bonds is 4. The van der Waals surface area contributed by atoms with Gasteiger partial charge in [-0.25, -0.2) is 4.68 Å². The SMILES string of the molecule is O=C(O)Cc1nnn(-c2ccc(Cl)cc2)c1-c1ccccc1. The van der Waals surface area contributed by atoms with Crippen LogP contribution in [0.25, 0.3) is 16.9 Å². The van der Waals surface area contributed by atoms with E-state index in [1.807, 2.05) is 42.5 Å². The number of carboxylic acid groups (broad SMARTS) is 1. The number of hydrogen-bond donors (Lipinski definition) is 1. The van der Waals surface area contributed by atoms with E-state index in [1.54, 1.807) is 16.8 Å². The predicted molar refractivity (Wildman–Crippen MR) is 83.1 cm³/mol. The first-order valence-corrected chi connectivity index (χ1v) is 7.00. The van der Waals surface area contributed by atoms with Gasteiger partial charge in [-0.1, -0.05) is 47.1 Å². The van der Waals surface area contributed by atoms with Crippen molar-refractivity contribution in [1.82, 2.24) is 15.0 Å². The van der Waals surface area contributed by atoms with Gasteiger partial charge in [0, 0.05) is 10.6 Å². The monoisotopic (exact) mass is 313 g/mol. The van der Waals surface area contributed by atoms with Gasteiger partial charge in [-0.3, -0.25) is 4.79 Å². The number of aliphatic carboxylic acids is 1. The van der Waals surface area contributed by atoms with Gasteiger partial charge < -0.3 is 5.11 Å². The zero-order valence-electron chi connectivity index (χ0n) is 11.5. The lowest BCUT2D eigenvalue weighted by molar-refractivity contribution is -0.136. The molecule has 0 saturated heterocycles. The Hall–Kier alpha value is -2.66. The second-order valence-electron chi connectivity index (χ2n) is 4.71. The average molecular weight is 314 g/mol. The second kappa shape index (κ2) is 5.99. The molecule has 5 nitrogen and oxygen atoms in total. The molecule has 0 atom stereocenters. The highest BCUT2D eigenvalue weighted by Gasteiger charge is 2.18. The van der Waals surface area contributed by atoms with Gasteiger partial charge in [-0.15, -0.1) is 5.10 Å². The topological polar surface area (TPSA) is 68.0 Å². The normalized spacial score (nSPS) is 10.6. The third kappa shape index (κ3) is 2.84. The lowest BCUT2D eigenvalue weighted by atomic mass is 10.1. The molecule has 0 saturated carbocycles. The molecule has 2 aromatic carbocycles. The minimum Gasteiger partial charge on any atom is -0.481 e. The van der Waals surface area contributed by atoms with Gasteiger partial charge in [0.1, 0.15) is 5.69 Å². The summed E-state index contributed by atoms with van der Waals surface area (Å²) in [4.78, 5) is 11.0. The summed E-state index contributed by atoms with van der Waals surface area (Å²) in [5.74, 6) is -0.944. The molecule has 0 radical (unpaired) electrons. The van der Waals surface area contributed by atoms with Crippen molar-refractivity contribution in [1.29, 1.82) is 0 Å².